The number of halogens is 2. The van der Waals surface area contributed by atoms with Gasteiger partial charge in [0.15, 0.2) is 0 Å². The fraction of sp³-hybridized carbons (Fsp3) is 0.235. The van der Waals surface area contributed by atoms with Gasteiger partial charge in [0.05, 0.1) is 5.69 Å². The number of rotatable bonds is 6. The molecule has 0 aliphatic carbocycles. The molecule has 0 aliphatic rings. The van der Waals surface area contributed by atoms with Crippen LogP contribution in [0, 0.1) is 0 Å². The molecule has 2 aromatic rings. The van der Waals surface area contributed by atoms with Gasteiger partial charge in [-0.2, -0.15) is 8.78 Å². The summed E-state index contributed by atoms with van der Waals surface area (Å²) in [6.45, 7) is -0.988. The van der Waals surface area contributed by atoms with E-state index >= 15 is 0 Å². The lowest BCUT2D eigenvalue weighted by atomic mass is 9.97. The molecule has 2 aromatic carbocycles. The number of nitrogens with one attached hydrogen (secondary N) is 1. The average Bonchev–Trinajstić information content (AvgIpc) is 2.49. The fourth-order valence-electron chi connectivity index (χ4n) is 2.15. The summed E-state index contributed by atoms with van der Waals surface area (Å²) in [4.78, 5) is 12.1. The maximum absolute atomic E-state index is 12.3. The molecule has 0 spiro atoms. The van der Waals surface area contributed by atoms with Crippen molar-refractivity contribution in [1.29, 1.82) is 0 Å². The van der Waals surface area contributed by atoms with Gasteiger partial charge in [-0.25, -0.2) is 0 Å². The highest BCUT2D eigenvalue weighted by molar-refractivity contribution is 5.92. The Morgan fingerprint density at radius 1 is 1.09 bits per heavy atom. The summed E-state index contributed by atoms with van der Waals surface area (Å²) in [5.41, 5.74) is 1.29. The first-order valence-electron chi connectivity index (χ1n) is 6.95. The van der Waals surface area contributed by atoms with Crippen molar-refractivity contribution in [3.63, 3.8) is 0 Å². The number of carbonyl (C=O) groups is 1. The second kappa shape index (κ2) is 7.54. The summed E-state index contributed by atoms with van der Waals surface area (Å²) < 4.78 is 29.1. The van der Waals surface area contributed by atoms with Crippen molar-refractivity contribution in [2.45, 2.75) is 25.9 Å². The van der Waals surface area contributed by atoms with E-state index in [1.807, 2.05) is 37.3 Å². The van der Waals surface area contributed by atoms with Crippen LogP contribution in [0.25, 0.3) is 0 Å². The summed E-state index contributed by atoms with van der Waals surface area (Å²) in [6.07, 6.45) is 0.257. The van der Waals surface area contributed by atoms with Crippen LogP contribution in [0.1, 0.15) is 24.8 Å². The van der Waals surface area contributed by atoms with Crippen molar-refractivity contribution in [3.05, 3.63) is 60.2 Å². The number of para-hydroxylation sites is 2. The molecule has 0 saturated heterocycles. The molecule has 0 heterocycles. The molecule has 3 nitrogen and oxygen atoms in total. The molecule has 116 valence electrons. The van der Waals surface area contributed by atoms with E-state index in [0.29, 0.717) is 0 Å². The van der Waals surface area contributed by atoms with Gasteiger partial charge in [-0.15, -0.1) is 0 Å². The van der Waals surface area contributed by atoms with Gasteiger partial charge in [-0.1, -0.05) is 49.4 Å². The van der Waals surface area contributed by atoms with Crippen LogP contribution in [0.5, 0.6) is 5.75 Å². The SMILES string of the molecule is CC(CC(=O)Nc1ccccc1OC(F)F)c1ccccc1. The zero-order valence-corrected chi connectivity index (χ0v) is 12.1. The topological polar surface area (TPSA) is 38.3 Å². The van der Waals surface area contributed by atoms with E-state index in [-0.39, 0.29) is 29.7 Å². The van der Waals surface area contributed by atoms with Crippen molar-refractivity contribution in [3.8, 4) is 5.75 Å². The molecule has 2 rings (SSSR count). The number of amides is 1. The van der Waals surface area contributed by atoms with Gasteiger partial charge < -0.3 is 10.1 Å². The van der Waals surface area contributed by atoms with E-state index in [9.17, 15) is 13.6 Å². The number of alkyl halides is 2. The largest absolute Gasteiger partial charge is 0.433 e. The molecule has 1 N–H and O–H groups in total. The molecule has 0 aromatic heterocycles. The van der Waals surface area contributed by atoms with Gasteiger partial charge in [0.25, 0.3) is 0 Å². The predicted octanol–water partition coefficient (Wildman–Crippen LogP) is 4.42. The van der Waals surface area contributed by atoms with E-state index in [4.69, 9.17) is 0 Å². The smallest absolute Gasteiger partial charge is 0.387 e. The minimum Gasteiger partial charge on any atom is -0.433 e. The van der Waals surface area contributed by atoms with E-state index in [1.165, 1.54) is 12.1 Å². The van der Waals surface area contributed by atoms with Gasteiger partial charge in [0.2, 0.25) is 5.91 Å². The normalized spacial score (nSPS) is 12.0. The zero-order valence-electron chi connectivity index (χ0n) is 12.1. The lowest BCUT2D eigenvalue weighted by Crippen LogP contribution is -2.15. The van der Waals surface area contributed by atoms with Gasteiger partial charge >= 0.3 is 6.61 Å². The quantitative estimate of drug-likeness (QED) is 0.858. The Kier molecular flexibility index (Phi) is 5.47. The summed E-state index contributed by atoms with van der Waals surface area (Å²) >= 11 is 0. The summed E-state index contributed by atoms with van der Waals surface area (Å²) in [5, 5.41) is 2.62. The number of hydrogen-bond acceptors (Lipinski definition) is 2. The predicted molar refractivity (Wildman–Crippen MR) is 81.2 cm³/mol. The van der Waals surface area contributed by atoms with Crippen LogP contribution in [-0.2, 0) is 4.79 Å². The number of ether oxygens (including phenoxy) is 1. The minimum atomic E-state index is -2.93. The molecule has 0 aliphatic heterocycles. The first-order chi connectivity index (χ1) is 10.6. The molecule has 0 bridgehead atoms. The van der Waals surface area contributed by atoms with E-state index < -0.39 is 6.61 Å². The van der Waals surface area contributed by atoms with Crippen LogP contribution >= 0.6 is 0 Å². The van der Waals surface area contributed by atoms with Crippen LogP contribution in [0.15, 0.2) is 54.6 Å². The van der Waals surface area contributed by atoms with Crippen molar-refractivity contribution in [2.24, 2.45) is 0 Å². The molecule has 0 saturated carbocycles. The molecule has 1 unspecified atom stereocenters. The summed E-state index contributed by atoms with van der Waals surface area (Å²) in [7, 11) is 0. The lowest BCUT2D eigenvalue weighted by molar-refractivity contribution is -0.116. The van der Waals surface area contributed by atoms with Crippen LogP contribution in [-0.4, -0.2) is 12.5 Å². The first kappa shape index (κ1) is 15.9. The standard InChI is InChI=1S/C17H17F2NO2/c1-12(13-7-3-2-4-8-13)11-16(21)20-14-9-5-6-10-15(14)22-17(18)19/h2-10,12,17H,11H2,1H3,(H,20,21). The maximum Gasteiger partial charge on any atom is 0.387 e. The monoisotopic (exact) mass is 305 g/mol. The summed E-state index contributed by atoms with van der Waals surface area (Å²) in [5.74, 6) is -0.260. The molecule has 22 heavy (non-hydrogen) atoms. The van der Waals surface area contributed by atoms with Gasteiger partial charge in [0, 0.05) is 6.42 Å². The van der Waals surface area contributed by atoms with E-state index in [1.54, 1.807) is 12.1 Å². The van der Waals surface area contributed by atoms with Crippen LogP contribution < -0.4 is 10.1 Å². The number of carbonyl (C=O) groups excluding carboxylic acids is 1. The number of hydrogen-bond donors (Lipinski definition) is 1. The highest BCUT2D eigenvalue weighted by Crippen LogP contribution is 2.26. The van der Waals surface area contributed by atoms with E-state index in [2.05, 4.69) is 10.1 Å². The third kappa shape index (κ3) is 4.55. The summed E-state index contributed by atoms with van der Waals surface area (Å²) in [6, 6.07) is 15.8. The molecule has 5 heteroatoms. The average molecular weight is 305 g/mol. The molecule has 1 amide bonds. The van der Waals surface area contributed by atoms with Crippen molar-refractivity contribution < 1.29 is 18.3 Å². The Morgan fingerprint density at radius 2 is 1.73 bits per heavy atom. The Morgan fingerprint density at radius 3 is 2.41 bits per heavy atom. The first-order valence-corrected chi connectivity index (χ1v) is 6.95. The van der Waals surface area contributed by atoms with Gasteiger partial charge in [-0.3, -0.25) is 4.79 Å². The van der Waals surface area contributed by atoms with E-state index in [0.717, 1.165) is 5.56 Å². The number of benzene rings is 2. The molecular formula is C17H17F2NO2. The molecule has 1 atom stereocenters. The van der Waals surface area contributed by atoms with Crippen LogP contribution in [0.3, 0.4) is 0 Å². The Labute approximate surface area is 127 Å². The van der Waals surface area contributed by atoms with Crippen LogP contribution in [0.4, 0.5) is 14.5 Å². The third-order valence-electron chi connectivity index (χ3n) is 3.24. The third-order valence-corrected chi connectivity index (χ3v) is 3.24. The Bertz CT molecular complexity index is 617. The lowest BCUT2D eigenvalue weighted by Gasteiger charge is -2.14. The van der Waals surface area contributed by atoms with Crippen molar-refractivity contribution in [1.82, 2.24) is 0 Å². The van der Waals surface area contributed by atoms with Gasteiger partial charge in [0.1, 0.15) is 5.75 Å². The zero-order chi connectivity index (χ0) is 15.9. The van der Waals surface area contributed by atoms with Crippen LogP contribution in [0.2, 0.25) is 0 Å². The maximum atomic E-state index is 12.3. The molecular weight excluding hydrogens is 288 g/mol. The highest BCUT2D eigenvalue weighted by atomic mass is 19.3. The second-order valence-corrected chi connectivity index (χ2v) is 4.94. The Hall–Kier alpha value is -2.43. The highest BCUT2D eigenvalue weighted by Gasteiger charge is 2.14. The molecule has 0 fully saturated rings. The van der Waals surface area contributed by atoms with Crippen molar-refractivity contribution >= 4 is 11.6 Å². The minimum absolute atomic E-state index is 0.0318. The van der Waals surface area contributed by atoms with Crippen molar-refractivity contribution in [2.75, 3.05) is 5.32 Å². The number of anilines is 1. The molecule has 0 radical (unpaired) electrons. The van der Waals surface area contributed by atoms with Gasteiger partial charge in [-0.05, 0) is 23.6 Å². The fourth-order valence-corrected chi connectivity index (χ4v) is 2.15. The Balaban J connectivity index is 2.00. The second-order valence-electron chi connectivity index (χ2n) is 4.94.